The third-order valence-corrected chi connectivity index (χ3v) is 1.59. The lowest BCUT2D eigenvalue weighted by Crippen LogP contribution is -2.06. The second kappa shape index (κ2) is 2.79. The van der Waals surface area contributed by atoms with Crippen LogP contribution in [-0.2, 0) is 6.54 Å². The molecule has 0 aliphatic carbocycles. The Hall–Kier alpha value is -1.23. The van der Waals surface area contributed by atoms with Gasteiger partial charge >= 0.3 is 0 Å². The van der Waals surface area contributed by atoms with Crippen LogP contribution < -0.4 is 11.5 Å². The van der Waals surface area contributed by atoms with Crippen LogP contribution in [0.3, 0.4) is 0 Å². The zero-order valence-electron chi connectivity index (χ0n) is 6.41. The molecule has 0 bridgehead atoms. The van der Waals surface area contributed by atoms with Gasteiger partial charge in [0, 0.05) is 0 Å². The van der Waals surface area contributed by atoms with Crippen LogP contribution >= 0.6 is 0 Å². The summed E-state index contributed by atoms with van der Waals surface area (Å²) in [5, 5.41) is 12.5. The molecule has 1 rings (SSSR count). The van der Waals surface area contributed by atoms with Crippen molar-refractivity contribution in [3.8, 4) is 0 Å². The zero-order chi connectivity index (χ0) is 8.43. The number of nitrogens with two attached hydrogens (primary N) is 2. The second-order valence-corrected chi connectivity index (χ2v) is 2.33. The van der Waals surface area contributed by atoms with Gasteiger partial charge in [0.2, 0.25) is 0 Å². The SMILES string of the molecule is Cc1c(N)c(N)nn1CCO. The summed E-state index contributed by atoms with van der Waals surface area (Å²) in [6.07, 6.45) is 0. The van der Waals surface area contributed by atoms with E-state index >= 15 is 0 Å². The van der Waals surface area contributed by atoms with Crippen molar-refractivity contribution in [2.24, 2.45) is 0 Å². The summed E-state index contributed by atoms with van der Waals surface area (Å²) in [6.45, 7) is 2.29. The summed E-state index contributed by atoms with van der Waals surface area (Å²) in [5.74, 6) is 0.330. The number of nitrogen functional groups attached to an aromatic ring is 2. The normalized spacial score (nSPS) is 10.4. The van der Waals surface area contributed by atoms with E-state index in [9.17, 15) is 0 Å². The predicted molar refractivity (Wildman–Crippen MR) is 42.9 cm³/mol. The van der Waals surface area contributed by atoms with Crippen LogP contribution in [-0.4, -0.2) is 21.5 Å². The summed E-state index contributed by atoms with van der Waals surface area (Å²) in [6, 6.07) is 0. The van der Waals surface area contributed by atoms with E-state index in [4.69, 9.17) is 16.6 Å². The molecule has 0 aromatic carbocycles. The summed E-state index contributed by atoms with van der Waals surface area (Å²) in [7, 11) is 0. The van der Waals surface area contributed by atoms with Gasteiger partial charge in [0.1, 0.15) is 0 Å². The molecule has 5 heteroatoms. The van der Waals surface area contributed by atoms with Gasteiger partial charge in [0.15, 0.2) is 5.82 Å². The maximum absolute atomic E-state index is 8.60. The van der Waals surface area contributed by atoms with Crippen molar-refractivity contribution in [1.82, 2.24) is 9.78 Å². The quantitative estimate of drug-likeness (QED) is 0.530. The molecular formula is C6H12N4O. The van der Waals surface area contributed by atoms with E-state index in [0.717, 1.165) is 5.69 Å². The van der Waals surface area contributed by atoms with Gasteiger partial charge in [0.05, 0.1) is 24.5 Å². The van der Waals surface area contributed by atoms with Crippen molar-refractivity contribution in [2.75, 3.05) is 18.1 Å². The van der Waals surface area contributed by atoms with Crippen LogP contribution in [0.2, 0.25) is 0 Å². The Bertz CT molecular complexity index is 255. The Morgan fingerprint density at radius 3 is 2.55 bits per heavy atom. The third kappa shape index (κ3) is 1.27. The van der Waals surface area contributed by atoms with Gasteiger partial charge in [-0.25, -0.2) is 0 Å². The molecule has 0 spiro atoms. The van der Waals surface area contributed by atoms with E-state index in [1.165, 1.54) is 0 Å². The lowest BCUT2D eigenvalue weighted by atomic mass is 10.4. The van der Waals surface area contributed by atoms with E-state index < -0.39 is 0 Å². The number of nitrogens with zero attached hydrogens (tertiary/aromatic N) is 2. The zero-order valence-corrected chi connectivity index (χ0v) is 6.41. The second-order valence-electron chi connectivity index (χ2n) is 2.33. The molecule has 1 aromatic heterocycles. The summed E-state index contributed by atoms with van der Waals surface area (Å²) in [4.78, 5) is 0. The summed E-state index contributed by atoms with van der Waals surface area (Å²) < 4.78 is 1.59. The Morgan fingerprint density at radius 1 is 1.55 bits per heavy atom. The Balaban J connectivity index is 2.98. The van der Waals surface area contributed by atoms with Gasteiger partial charge in [-0.2, -0.15) is 5.10 Å². The van der Waals surface area contributed by atoms with E-state index in [-0.39, 0.29) is 6.61 Å². The van der Waals surface area contributed by atoms with Gasteiger partial charge in [-0.3, -0.25) is 4.68 Å². The molecule has 0 saturated heterocycles. The van der Waals surface area contributed by atoms with Crippen molar-refractivity contribution in [3.63, 3.8) is 0 Å². The number of hydrogen-bond acceptors (Lipinski definition) is 4. The lowest BCUT2D eigenvalue weighted by molar-refractivity contribution is 0.268. The smallest absolute Gasteiger partial charge is 0.168 e. The minimum atomic E-state index is 0.0431. The monoisotopic (exact) mass is 156 g/mol. The van der Waals surface area contributed by atoms with E-state index in [0.29, 0.717) is 18.1 Å². The maximum atomic E-state index is 8.60. The number of rotatable bonds is 2. The molecule has 0 fully saturated rings. The minimum absolute atomic E-state index is 0.0431. The highest BCUT2D eigenvalue weighted by molar-refractivity contribution is 5.61. The molecule has 0 radical (unpaired) electrons. The van der Waals surface area contributed by atoms with Crippen molar-refractivity contribution >= 4 is 11.5 Å². The van der Waals surface area contributed by atoms with Crippen molar-refractivity contribution in [2.45, 2.75) is 13.5 Å². The van der Waals surface area contributed by atoms with Gasteiger partial charge in [-0.05, 0) is 6.92 Å². The average molecular weight is 156 g/mol. The molecule has 0 amide bonds. The van der Waals surface area contributed by atoms with Crippen molar-refractivity contribution in [1.29, 1.82) is 0 Å². The van der Waals surface area contributed by atoms with Crippen molar-refractivity contribution < 1.29 is 5.11 Å². The maximum Gasteiger partial charge on any atom is 0.168 e. The van der Waals surface area contributed by atoms with Crippen LogP contribution in [0, 0.1) is 6.92 Å². The highest BCUT2D eigenvalue weighted by atomic mass is 16.3. The number of aliphatic hydroxyl groups excluding tert-OH is 1. The lowest BCUT2D eigenvalue weighted by Gasteiger charge is -1.99. The molecular weight excluding hydrogens is 144 g/mol. The van der Waals surface area contributed by atoms with Crippen LogP contribution in [0.25, 0.3) is 0 Å². The van der Waals surface area contributed by atoms with Gasteiger partial charge in [0.25, 0.3) is 0 Å². The van der Waals surface area contributed by atoms with E-state index in [2.05, 4.69) is 5.10 Å². The summed E-state index contributed by atoms with van der Waals surface area (Å²) in [5.41, 5.74) is 12.3. The Kier molecular flexibility index (Phi) is 2.00. The standard InChI is InChI=1S/C6H12N4O/c1-4-5(7)6(8)9-10(4)2-3-11/h11H,2-3,7H2,1H3,(H2,8,9). The van der Waals surface area contributed by atoms with E-state index in [1.807, 2.05) is 6.92 Å². The highest BCUT2D eigenvalue weighted by Gasteiger charge is 2.06. The van der Waals surface area contributed by atoms with Crippen LogP contribution in [0.15, 0.2) is 0 Å². The molecule has 0 saturated carbocycles. The average Bonchev–Trinajstić information content (AvgIpc) is 2.19. The fraction of sp³-hybridized carbons (Fsp3) is 0.500. The van der Waals surface area contributed by atoms with Crippen LogP contribution in [0.1, 0.15) is 5.69 Å². The topological polar surface area (TPSA) is 90.1 Å². The first kappa shape index (κ1) is 7.87. The Labute approximate surface area is 64.6 Å². The molecule has 0 atom stereocenters. The number of aromatic nitrogens is 2. The molecule has 0 aliphatic rings. The number of anilines is 2. The molecule has 5 N–H and O–H groups in total. The van der Waals surface area contributed by atoms with Gasteiger partial charge in [-0.15, -0.1) is 0 Å². The molecule has 0 unspecified atom stereocenters. The fourth-order valence-electron chi connectivity index (χ4n) is 0.896. The molecule has 62 valence electrons. The van der Waals surface area contributed by atoms with Crippen LogP contribution in [0.5, 0.6) is 0 Å². The van der Waals surface area contributed by atoms with Gasteiger partial charge < -0.3 is 16.6 Å². The first-order valence-electron chi connectivity index (χ1n) is 3.36. The van der Waals surface area contributed by atoms with E-state index in [1.54, 1.807) is 4.68 Å². The number of hydrogen-bond donors (Lipinski definition) is 3. The Morgan fingerprint density at radius 2 is 2.18 bits per heavy atom. The predicted octanol–water partition coefficient (Wildman–Crippen LogP) is -0.652. The fourth-order valence-corrected chi connectivity index (χ4v) is 0.896. The van der Waals surface area contributed by atoms with Crippen molar-refractivity contribution in [3.05, 3.63) is 5.69 Å². The third-order valence-electron chi connectivity index (χ3n) is 1.59. The number of aliphatic hydroxyl groups is 1. The largest absolute Gasteiger partial charge is 0.394 e. The minimum Gasteiger partial charge on any atom is -0.394 e. The molecule has 11 heavy (non-hydrogen) atoms. The molecule has 5 nitrogen and oxygen atoms in total. The van der Waals surface area contributed by atoms with Gasteiger partial charge in [-0.1, -0.05) is 0 Å². The first-order chi connectivity index (χ1) is 5.16. The molecule has 0 aliphatic heterocycles. The molecule has 1 aromatic rings. The van der Waals surface area contributed by atoms with Crippen LogP contribution in [0.4, 0.5) is 11.5 Å². The highest BCUT2D eigenvalue weighted by Crippen LogP contribution is 2.16. The molecule has 1 heterocycles. The first-order valence-corrected chi connectivity index (χ1v) is 3.36. The summed E-state index contributed by atoms with van der Waals surface area (Å²) >= 11 is 0.